The normalized spacial score (nSPS) is 18.4. The minimum Gasteiger partial charge on any atom is -0.497 e. The predicted octanol–water partition coefficient (Wildman–Crippen LogP) is 3.43. The molecular weight excluding hydrogens is 380 g/mol. The summed E-state index contributed by atoms with van der Waals surface area (Å²) in [5.41, 5.74) is 1.85. The van der Waals surface area contributed by atoms with Crippen molar-refractivity contribution in [3.63, 3.8) is 0 Å². The molecule has 0 radical (unpaired) electrons. The SMILES string of the molecule is COc1cccc(N(C)C(=O)NC2CCC(Nc3ncc(C)c(N(C)C)n3)CC2)c1. The summed E-state index contributed by atoms with van der Waals surface area (Å²) in [6, 6.07) is 7.87. The lowest BCUT2D eigenvalue weighted by atomic mass is 9.91. The minimum atomic E-state index is -0.0999. The van der Waals surface area contributed by atoms with Gasteiger partial charge in [-0.3, -0.25) is 4.90 Å². The zero-order valence-corrected chi connectivity index (χ0v) is 18.5. The molecule has 1 aromatic heterocycles. The molecule has 2 aromatic rings. The van der Waals surface area contributed by atoms with E-state index in [0.717, 1.165) is 48.5 Å². The molecule has 0 unspecified atom stereocenters. The number of nitrogens with one attached hydrogen (secondary N) is 2. The van der Waals surface area contributed by atoms with Crippen LogP contribution in [0.2, 0.25) is 0 Å². The number of ether oxygens (including phenoxy) is 1. The van der Waals surface area contributed by atoms with Gasteiger partial charge in [0, 0.05) is 56.7 Å². The second-order valence-electron chi connectivity index (χ2n) is 8.00. The van der Waals surface area contributed by atoms with Crippen LogP contribution in [0.25, 0.3) is 0 Å². The van der Waals surface area contributed by atoms with E-state index in [1.807, 2.05) is 56.4 Å². The van der Waals surface area contributed by atoms with Crippen molar-refractivity contribution < 1.29 is 9.53 Å². The van der Waals surface area contributed by atoms with Crippen LogP contribution in [0.4, 0.5) is 22.2 Å². The number of anilines is 3. The molecule has 1 aromatic carbocycles. The third kappa shape index (κ3) is 5.31. The minimum absolute atomic E-state index is 0.0999. The third-order valence-electron chi connectivity index (χ3n) is 5.50. The summed E-state index contributed by atoms with van der Waals surface area (Å²) in [4.78, 5) is 25.3. The lowest BCUT2D eigenvalue weighted by molar-refractivity contribution is 0.238. The molecular formula is C22H32N6O2. The van der Waals surface area contributed by atoms with Crippen LogP contribution in [0.1, 0.15) is 31.2 Å². The Morgan fingerprint density at radius 3 is 2.50 bits per heavy atom. The Bertz CT molecular complexity index is 864. The molecule has 3 rings (SSSR count). The summed E-state index contributed by atoms with van der Waals surface area (Å²) in [6.07, 6.45) is 5.61. The van der Waals surface area contributed by atoms with Gasteiger partial charge in [0.25, 0.3) is 0 Å². The standard InChI is InChI=1S/C22H32N6O2/c1-15-14-23-21(26-20(15)27(2)3)24-16-9-11-17(12-10-16)25-22(29)28(4)18-7-6-8-19(13-18)30-5/h6-8,13-14,16-17H,9-12H2,1-5H3,(H,25,29)(H,23,24,26). The zero-order valence-electron chi connectivity index (χ0n) is 18.5. The second kappa shape index (κ2) is 9.65. The van der Waals surface area contributed by atoms with Crippen molar-refractivity contribution in [2.45, 2.75) is 44.7 Å². The zero-order chi connectivity index (χ0) is 21.7. The summed E-state index contributed by atoms with van der Waals surface area (Å²) < 4.78 is 5.24. The van der Waals surface area contributed by atoms with Gasteiger partial charge in [-0.05, 0) is 44.7 Å². The molecule has 1 saturated carbocycles. The van der Waals surface area contributed by atoms with Crippen molar-refractivity contribution in [2.75, 3.05) is 43.4 Å². The molecule has 0 spiro atoms. The van der Waals surface area contributed by atoms with Gasteiger partial charge in [-0.25, -0.2) is 9.78 Å². The van der Waals surface area contributed by atoms with E-state index in [4.69, 9.17) is 4.74 Å². The summed E-state index contributed by atoms with van der Waals surface area (Å²) >= 11 is 0. The molecule has 1 aliphatic carbocycles. The number of hydrogen-bond acceptors (Lipinski definition) is 6. The van der Waals surface area contributed by atoms with Crippen LogP contribution in [-0.2, 0) is 0 Å². The van der Waals surface area contributed by atoms with Gasteiger partial charge in [-0.2, -0.15) is 4.98 Å². The van der Waals surface area contributed by atoms with Crippen LogP contribution < -0.4 is 25.2 Å². The fourth-order valence-electron chi connectivity index (χ4n) is 3.73. The van der Waals surface area contributed by atoms with Gasteiger partial charge in [0.05, 0.1) is 7.11 Å². The average molecular weight is 413 g/mol. The van der Waals surface area contributed by atoms with Crippen LogP contribution in [0.3, 0.4) is 0 Å². The first-order valence-electron chi connectivity index (χ1n) is 10.3. The quantitative estimate of drug-likeness (QED) is 0.756. The molecule has 1 aliphatic rings. The van der Waals surface area contributed by atoms with Crippen molar-refractivity contribution in [1.82, 2.24) is 15.3 Å². The highest BCUT2D eigenvalue weighted by molar-refractivity contribution is 5.91. The molecule has 1 heterocycles. The number of nitrogens with zero attached hydrogens (tertiary/aromatic N) is 4. The summed E-state index contributed by atoms with van der Waals surface area (Å²) in [6.45, 7) is 2.01. The molecule has 8 heteroatoms. The van der Waals surface area contributed by atoms with Gasteiger partial charge in [0.15, 0.2) is 0 Å². The number of aryl methyl sites for hydroxylation is 1. The molecule has 162 valence electrons. The Morgan fingerprint density at radius 2 is 1.83 bits per heavy atom. The van der Waals surface area contributed by atoms with E-state index in [1.165, 1.54) is 0 Å². The molecule has 1 fully saturated rings. The Morgan fingerprint density at radius 1 is 1.13 bits per heavy atom. The maximum Gasteiger partial charge on any atom is 0.321 e. The first kappa shape index (κ1) is 21.7. The number of amides is 2. The third-order valence-corrected chi connectivity index (χ3v) is 5.50. The topological polar surface area (TPSA) is 82.6 Å². The monoisotopic (exact) mass is 412 g/mol. The molecule has 30 heavy (non-hydrogen) atoms. The van der Waals surface area contributed by atoms with E-state index in [-0.39, 0.29) is 12.1 Å². The first-order chi connectivity index (χ1) is 14.4. The van der Waals surface area contributed by atoms with E-state index in [1.54, 1.807) is 19.1 Å². The average Bonchev–Trinajstić information content (AvgIpc) is 2.75. The molecule has 0 saturated heterocycles. The number of carbonyl (C=O) groups excluding carboxylic acids is 1. The highest BCUT2D eigenvalue weighted by Crippen LogP contribution is 2.24. The van der Waals surface area contributed by atoms with Crippen LogP contribution in [0, 0.1) is 6.92 Å². The Hall–Kier alpha value is -3.03. The van der Waals surface area contributed by atoms with E-state index in [9.17, 15) is 4.79 Å². The van der Waals surface area contributed by atoms with Gasteiger partial charge in [0.2, 0.25) is 5.95 Å². The van der Waals surface area contributed by atoms with Crippen molar-refractivity contribution in [1.29, 1.82) is 0 Å². The van der Waals surface area contributed by atoms with Crippen molar-refractivity contribution in [2.24, 2.45) is 0 Å². The van der Waals surface area contributed by atoms with Crippen LogP contribution in [0.5, 0.6) is 5.75 Å². The maximum atomic E-state index is 12.7. The Kier molecular flexibility index (Phi) is 6.97. The predicted molar refractivity (Wildman–Crippen MR) is 121 cm³/mol. The van der Waals surface area contributed by atoms with E-state index in [2.05, 4.69) is 20.6 Å². The lowest BCUT2D eigenvalue weighted by Crippen LogP contribution is -2.45. The number of urea groups is 1. The van der Waals surface area contributed by atoms with Gasteiger partial charge < -0.3 is 20.3 Å². The summed E-state index contributed by atoms with van der Waals surface area (Å²) in [5, 5.41) is 6.60. The van der Waals surface area contributed by atoms with Crippen molar-refractivity contribution >= 4 is 23.5 Å². The fourth-order valence-corrected chi connectivity index (χ4v) is 3.73. The lowest BCUT2D eigenvalue weighted by Gasteiger charge is -2.31. The second-order valence-corrected chi connectivity index (χ2v) is 8.00. The van der Waals surface area contributed by atoms with Crippen molar-refractivity contribution in [3.8, 4) is 5.75 Å². The van der Waals surface area contributed by atoms with E-state index in [0.29, 0.717) is 12.0 Å². The van der Waals surface area contributed by atoms with Gasteiger partial charge in [-0.15, -0.1) is 0 Å². The van der Waals surface area contributed by atoms with Gasteiger partial charge >= 0.3 is 6.03 Å². The highest BCUT2D eigenvalue weighted by atomic mass is 16.5. The van der Waals surface area contributed by atoms with Gasteiger partial charge in [0.1, 0.15) is 11.6 Å². The smallest absolute Gasteiger partial charge is 0.321 e. The summed E-state index contributed by atoms with van der Waals surface area (Å²) in [7, 11) is 7.36. The molecule has 0 bridgehead atoms. The number of benzene rings is 1. The van der Waals surface area contributed by atoms with Gasteiger partial charge in [-0.1, -0.05) is 6.07 Å². The molecule has 8 nitrogen and oxygen atoms in total. The molecule has 2 N–H and O–H groups in total. The summed E-state index contributed by atoms with van der Waals surface area (Å²) in [5.74, 6) is 2.32. The first-order valence-corrected chi connectivity index (χ1v) is 10.3. The number of rotatable bonds is 6. The Labute approximate surface area is 178 Å². The molecule has 0 aliphatic heterocycles. The number of hydrogen-bond donors (Lipinski definition) is 2. The van der Waals surface area contributed by atoms with Crippen LogP contribution >= 0.6 is 0 Å². The van der Waals surface area contributed by atoms with Crippen molar-refractivity contribution in [3.05, 3.63) is 36.0 Å². The molecule has 0 atom stereocenters. The van der Waals surface area contributed by atoms with Crippen LogP contribution in [0.15, 0.2) is 30.5 Å². The largest absolute Gasteiger partial charge is 0.497 e. The van der Waals surface area contributed by atoms with Crippen LogP contribution in [-0.4, -0.2) is 56.3 Å². The number of methoxy groups -OCH3 is 1. The molecule has 2 amide bonds. The number of aromatic nitrogens is 2. The fraction of sp³-hybridized carbons (Fsp3) is 0.500. The van der Waals surface area contributed by atoms with E-state index < -0.39 is 0 Å². The Balaban J connectivity index is 1.50. The van der Waals surface area contributed by atoms with E-state index >= 15 is 0 Å². The maximum absolute atomic E-state index is 12.7. The number of carbonyl (C=O) groups is 1. The highest BCUT2D eigenvalue weighted by Gasteiger charge is 2.24.